The zero-order valence-corrected chi connectivity index (χ0v) is 11.5. The predicted octanol–water partition coefficient (Wildman–Crippen LogP) is 1.95. The molecule has 102 valence electrons. The first-order valence-electron chi connectivity index (χ1n) is 6.19. The zero-order valence-electron chi connectivity index (χ0n) is 11.5. The van der Waals surface area contributed by atoms with Crippen molar-refractivity contribution >= 4 is 0 Å². The van der Waals surface area contributed by atoms with Crippen LogP contribution in [-0.4, -0.2) is 32.6 Å². The Balaban J connectivity index is 3.09. The summed E-state index contributed by atoms with van der Waals surface area (Å²) in [6.07, 6.45) is 4.89. The molecule has 0 aliphatic heterocycles. The Morgan fingerprint density at radius 3 is 2.44 bits per heavy atom. The van der Waals surface area contributed by atoms with Crippen molar-refractivity contribution in [3.05, 3.63) is 37.0 Å². The van der Waals surface area contributed by atoms with Crippen molar-refractivity contribution in [2.45, 2.75) is 50.9 Å². The number of rotatable bonds is 3. The van der Waals surface area contributed by atoms with E-state index in [9.17, 15) is 15.3 Å². The van der Waals surface area contributed by atoms with Gasteiger partial charge in [-0.15, -0.1) is 0 Å². The second-order valence-electron chi connectivity index (χ2n) is 6.08. The van der Waals surface area contributed by atoms with Crippen LogP contribution in [0.4, 0.5) is 0 Å². The fraction of sp³-hybridized carbons (Fsp3) is 0.600. The molecule has 1 aliphatic carbocycles. The molecule has 1 fully saturated rings. The first-order chi connectivity index (χ1) is 8.04. The van der Waals surface area contributed by atoms with Crippen molar-refractivity contribution in [1.82, 2.24) is 0 Å². The Labute approximate surface area is 109 Å². The van der Waals surface area contributed by atoms with Crippen LogP contribution in [-0.2, 0) is 0 Å². The van der Waals surface area contributed by atoms with Crippen LogP contribution in [0.3, 0.4) is 0 Å². The van der Waals surface area contributed by atoms with E-state index in [0.29, 0.717) is 18.4 Å². The normalized spacial score (nSPS) is 35.4. The molecule has 3 atom stereocenters. The summed E-state index contributed by atoms with van der Waals surface area (Å²) in [5, 5.41) is 30.4. The first kappa shape index (κ1) is 15.2. The Morgan fingerprint density at radius 1 is 1.44 bits per heavy atom. The smallest absolute Gasteiger partial charge is 0.109 e. The molecule has 2 unspecified atom stereocenters. The van der Waals surface area contributed by atoms with Crippen LogP contribution in [0, 0.1) is 5.41 Å². The molecule has 18 heavy (non-hydrogen) atoms. The molecule has 3 heteroatoms. The van der Waals surface area contributed by atoms with Gasteiger partial charge in [-0.25, -0.2) is 0 Å². The quantitative estimate of drug-likeness (QED) is 0.673. The van der Waals surface area contributed by atoms with Gasteiger partial charge in [-0.05, 0) is 31.4 Å². The molecule has 3 N–H and O–H groups in total. The molecule has 0 amide bonds. The van der Waals surface area contributed by atoms with Crippen LogP contribution in [0.5, 0.6) is 0 Å². The van der Waals surface area contributed by atoms with Crippen LogP contribution in [0.25, 0.3) is 0 Å². The SMILES string of the molecule is C=CC(C)(O)C=CC1(O)C(=C)C[C@@H](O)CC1(C)C. The van der Waals surface area contributed by atoms with E-state index < -0.39 is 22.7 Å². The lowest BCUT2D eigenvalue weighted by atomic mass is 9.62. The van der Waals surface area contributed by atoms with Crippen LogP contribution < -0.4 is 0 Å². The summed E-state index contributed by atoms with van der Waals surface area (Å²) >= 11 is 0. The van der Waals surface area contributed by atoms with Crippen molar-refractivity contribution in [1.29, 1.82) is 0 Å². The molecule has 0 aromatic rings. The molecular formula is C15H24O3. The van der Waals surface area contributed by atoms with Gasteiger partial charge in [0.25, 0.3) is 0 Å². The van der Waals surface area contributed by atoms with Crippen molar-refractivity contribution < 1.29 is 15.3 Å². The minimum Gasteiger partial charge on any atom is -0.393 e. The second kappa shape index (κ2) is 4.65. The van der Waals surface area contributed by atoms with Crippen molar-refractivity contribution in [3.8, 4) is 0 Å². The summed E-state index contributed by atoms with van der Waals surface area (Å²) in [5.41, 5.74) is -2.35. The highest BCUT2D eigenvalue weighted by atomic mass is 16.3. The maximum Gasteiger partial charge on any atom is 0.109 e. The highest BCUT2D eigenvalue weighted by molar-refractivity contribution is 5.32. The van der Waals surface area contributed by atoms with Crippen LogP contribution in [0.2, 0.25) is 0 Å². The average molecular weight is 252 g/mol. The minimum absolute atomic E-state index is 0.375. The molecule has 0 aromatic heterocycles. The fourth-order valence-electron chi connectivity index (χ4n) is 2.44. The van der Waals surface area contributed by atoms with E-state index in [-0.39, 0.29) is 0 Å². The van der Waals surface area contributed by atoms with E-state index in [2.05, 4.69) is 13.2 Å². The van der Waals surface area contributed by atoms with E-state index >= 15 is 0 Å². The van der Waals surface area contributed by atoms with Gasteiger partial charge in [0.2, 0.25) is 0 Å². The fourth-order valence-corrected chi connectivity index (χ4v) is 2.44. The Hall–Kier alpha value is -0.900. The number of aliphatic hydroxyl groups is 3. The van der Waals surface area contributed by atoms with Gasteiger partial charge in [0.05, 0.1) is 11.7 Å². The second-order valence-corrected chi connectivity index (χ2v) is 6.08. The highest BCUT2D eigenvalue weighted by Crippen LogP contribution is 2.47. The van der Waals surface area contributed by atoms with Crippen LogP contribution in [0.1, 0.15) is 33.6 Å². The third kappa shape index (κ3) is 2.74. The summed E-state index contributed by atoms with van der Waals surface area (Å²) in [6, 6.07) is 0. The molecular weight excluding hydrogens is 228 g/mol. The summed E-state index contributed by atoms with van der Waals surface area (Å²) < 4.78 is 0. The maximum absolute atomic E-state index is 10.8. The Morgan fingerprint density at radius 2 is 2.00 bits per heavy atom. The van der Waals surface area contributed by atoms with Gasteiger partial charge in [0.1, 0.15) is 5.60 Å². The van der Waals surface area contributed by atoms with Crippen molar-refractivity contribution in [3.63, 3.8) is 0 Å². The summed E-state index contributed by atoms with van der Waals surface area (Å²) in [5.74, 6) is 0. The standard InChI is InChI=1S/C15H24O3/c1-6-14(5,17)7-8-15(18)11(2)9-12(16)10-13(15,3)4/h6-8,12,16-18H,1-2,9-10H2,3-5H3/t12-,14?,15?/m1/s1. The van der Waals surface area contributed by atoms with E-state index in [1.165, 1.54) is 12.2 Å². The van der Waals surface area contributed by atoms with E-state index in [0.717, 1.165) is 0 Å². The van der Waals surface area contributed by atoms with Crippen molar-refractivity contribution in [2.75, 3.05) is 0 Å². The number of aliphatic hydroxyl groups excluding tert-OH is 1. The van der Waals surface area contributed by atoms with Gasteiger partial charge >= 0.3 is 0 Å². The molecule has 1 aliphatic rings. The lowest BCUT2D eigenvalue weighted by Crippen LogP contribution is -2.50. The van der Waals surface area contributed by atoms with E-state index in [1.807, 2.05) is 13.8 Å². The monoisotopic (exact) mass is 252 g/mol. The summed E-state index contributed by atoms with van der Waals surface area (Å²) in [7, 11) is 0. The molecule has 1 saturated carbocycles. The lowest BCUT2D eigenvalue weighted by molar-refractivity contribution is -0.0534. The maximum atomic E-state index is 10.8. The van der Waals surface area contributed by atoms with E-state index in [1.54, 1.807) is 13.0 Å². The molecule has 1 rings (SSSR count). The molecule has 0 aromatic carbocycles. The van der Waals surface area contributed by atoms with Gasteiger partial charge in [0.15, 0.2) is 0 Å². The molecule has 0 bridgehead atoms. The third-order valence-corrected chi connectivity index (χ3v) is 3.87. The predicted molar refractivity (Wildman–Crippen MR) is 73.1 cm³/mol. The summed E-state index contributed by atoms with van der Waals surface area (Å²) in [4.78, 5) is 0. The van der Waals surface area contributed by atoms with Crippen molar-refractivity contribution in [2.24, 2.45) is 5.41 Å². The number of hydrogen-bond donors (Lipinski definition) is 3. The number of hydrogen-bond acceptors (Lipinski definition) is 3. The van der Waals surface area contributed by atoms with Gasteiger partial charge in [-0.3, -0.25) is 0 Å². The first-order valence-corrected chi connectivity index (χ1v) is 6.19. The molecule has 0 saturated heterocycles. The van der Waals surface area contributed by atoms with E-state index in [4.69, 9.17) is 0 Å². The Kier molecular flexibility index (Phi) is 3.92. The lowest BCUT2D eigenvalue weighted by Gasteiger charge is -2.48. The summed E-state index contributed by atoms with van der Waals surface area (Å²) in [6.45, 7) is 12.8. The molecule has 0 spiro atoms. The van der Waals surface area contributed by atoms with Crippen LogP contribution >= 0.6 is 0 Å². The minimum atomic E-state index is -1.22. The van der Waals surface area contributed by atoms with Crippen LogP contribution in [0.15, 0.2) is 37.0 Å². The average Bonchev–Trinajstić information content (AvgIpc) is 2.23. The largest absolute Gasteiger partial charge is 0.393 e. The van der Waals surface area contributed by atoms with Gasteiger partial charge < -0.3 is 15.3 Å². The molecule has 3 nitrogen and oxygen atoms in total. The zero-order chi connectivity index (χ0) is 14.2. The van der Waals surface area contributed by atoms with Gasteiger partial charge in [-0.2, -0.15) is 0 Å². The molecule has 0 heterocycles. The third-order valence-electron chi connectivity index (χ3n) is 3.87. The highest BCUT2D eigenvalue weighted by Gasteiger charge is 2.48. The topological polar surface area (TPSA) is 60.7 Å². The van der Waals surface area contributed by atoms with Gasteiger partial charge in [-0.1, -0.05) is 39.2 Å². The Bertz CT molecular complexity index is 379. The van der Waals surface area contributed by atoms with Gasteiger partial charge in [0, 0.05) is 5.41 Å². The molecule has 0 radical (unpaired) electrons.